The van der Waals surface area contributed by atoms with Crippen molar-refractivity contribution in [1.82, 2.24) is 5.43 Å². The minimum absolute atomic E-state index is 0.309. The van der Waals surface area contributed by atoms with Gasteiger partial charge in [-0.3, -0.25) is 4.79 Å². The number of carbonyl (C=O) groups excluding carboxylic acids is 1. The number of nitrogens with one attached hydrogen (secondary N) is 1. The summed E-state index contributed by atoms with van der Waals surface area (Å²) in [7, 11) is 0. The van der Waals surface area contributed by atoms with Gasteiger partial charge in [-0.05, 0) is 41.8 Å². The van der Waals surface area contributed by atoms with Crippen molar-refractivity contribution in [3.8, 4) is 16.9 Å². The van der Waals surface area contributed by atoms with E-state index in [0.717, 1.165) is 16.7 Å². The summed E-state index contributed by atoms with van der Waals surface area (Å²) in [6, 6.07) is 27.6. The molecule has 28 heavy (non-hydrogen) atoms. The SMILES string of the molecule is C[C@H](Oc1ccc(-c2ccccc2)cc1)C(=O)N/N=C\C=C\c1ccccc1. The van der Waals surface area contributed by atoms with E-state index in [1.165, 1.54) is 6.21 Å². The number of carbonyl (C=O) groups is 1. The third kappa shape index (κ3) is 5.68. The van der Waals surface area contributed by atoms with Crippen LogP contribution in [0.25, 0.3) is 17.2 Å². The predicted molar refractivity (Wildman–Crippen MR) is 114 cm³/mol. The van der Waals surface area contributed by atoms with Gasteiger partial charge in [-0.15, -0.1) is 0 Å². The van der Waals surface area contributed by atoms with Crippen molar-refractivity contribution in [2.24, 2.45) is 5.10 Å². The number of amides is 1. The average molecular weight is 370 g/mol. The maximum absolute atomic E-state index is 12.1. The summed E-state index contributed by atoms with van der Waals surface area (Å²) in [6.07, 6.45) is 4.55. The molecule has 0 unspecified atom stereocenters. The molecular weight excluding hydrogens is 348 g/mol. The molecule has 3 aromatic carbocycles. The van der Waals surface area contributed by atoms with Gasteiger partial charge in [-0.2, -0.15) is 5.10 Å². The molecule has 0 aliphatic rings. The standard InChI is InChI=1S/C24H22N2O2/c1-19(24(27)26-25-18-8-11-20-9-4-2-5-10-20)28-23-16-14-22(15-17-23)21-12-6-3-7-13-21/h2-19H,1H3,(H,26,27)/b11-8+,25-18-/t19-/m0/s1. The molecular formula is C24H22N2O2. The van der Waals surface area contributed by atoms with Gasteiger partial charge in [0.25, 0.3) is 5.91 Å². The summed E-state index contributed by atoms with van der Waals surface area (Å²) in [4.78, 5) is 12.1. The van der Waals surface area contributed by atoms with Gasteiger partial charge in [0.05, 0.1) is 0 Å². The van der Waals surface area contributed by atoms with E-state index in [1.54, 1.807) is 13.0 Å². The van der Waals surface area contributed by atoms with Gasteiger partial charge in [0, 0.05) is 6.21 Å². The number of hydrazone groups is 1. The van der Waals surface area contributed by atoms with E-state index >= 15 is 0 Å². The monoisotopic (exact) mass is 370 g/mol. The maximum atomic E-state index is 12.1. The Labute approximate surface area is 165 Å². The van der Waals surface area contributed by atoms with Crippen LogP contribution in [0.5, 0.6) is 5.75 Å². The summed E-state index contributed by atoms with van der Waals surface area (Å²) in [5.74, 6) is 0.326. The van der Waals surface area contributed by atoms with Gasteiger partial charge >= 0.3 is 0 Å². The van der Waals surface area contributed by atoms with E-state index in [1.807, 2.05) is 78.9 Å². The zero-order valence-electron chi connectivity index (χ0n) is 15.7. The first-order valence-corrected chi connectivity index (χ1v) is 9.09. The molecule has 0 saturated heterocycles. The van der Waals surface area contributed by atoms with E-state index in [0.29, 0.717) is 5.75 Å². The highest BCUT2D eigenvalue weighted by atomic mass is 16.5. The van der Waals surface area contributed by atoms with Crippen LogP contribution in [0.3, 0.4) is 0 Å². The van der Waals surface area contributed by atoms with Crippen LogP contribution >= 0.6 is 0 Å². The molecule has 1 atom stereocenters. The molecule has 0 aromatic heterocycles. The zero-order chi connectivity index (χ0) is 19.6. The molecule has 0 saturated carbocycles. The first-order valence-electron chi connectivity index (χ1n) is 9.09. The van der Waals surface area contributed by atoms with Crippen LogP contribution in [-0.2, 0) is 4.79 Å². The van der Waals surface area contributed by atoms with Crippen LogP contribution in [0.2, 0.25) is 0 Å². The normalized spacial score (nSPS) is 12.2. The Balaban J connectivity index is 1.48. The number of rotatable bonds is 7. The van der Waals surface area contributed by atoms with Gasteiger partial charge in [-0.25, -0.2) is 5.43 Å². The fraction of sp³-hybridized carbons (Fsp3) is 0.0833. The number of benzene rings is 3. The first kappa shape index (κ1) is 19.1. The van der Waals surface area contributed by atoms with Crippen molar-refractivity contribution in [2.45, 2.75) is 13.0 Å². The molecule has 4 nitrogen and oxygen atoms in total. The molecule has 0 bridgehead atoms. The topological polar surface area (TPSA) is 50.7 Å². The van der Waals surface area contributed by atoms with Crippen LogP contribution in [-0.4, -0.2) is 18.2 Å². The zero-order valence-corrected chi connectivity index (χ0v) is 15.7. The average Bonchev–Trinajstić information content (AvgIpc) is 2.75. The molecule has 0 aliphatic carbocycles. The summed E-state index contributed by atoms with van der Waals surface area (Å²) >= 11 is 0. The van der Waals surface area contributed by atoms with Crippen LogP contribution < -0.4 is 10.2 Å². The Hall–Kier alpha value is -3.66. The van der Waals surface area contributed by atoms with Crippen molar-refractivity contribution in [3.05, 3.63) is 96.6 Å². The third-order valence-corrected chi connectivity index (χ3v) is 4.07. The van der Waals surface area contributed by atoms with Crippen LogP contribution in [0, 0.1) is 0 Å². The number of allylic oxidation sites excluding steroid dienone is 1. The fourth-order valence-electron chi connectivity index (χ4n) is 2.57. The molecule has 140 valence electrons. The number of hydrogen-bond acceptors (Lipinski definition) is 3. The number of ether oxygens (including phenoxy) is 1. The van der Waals surface area contributed by atoms with Crippen LogP contribution in [0.15, 0.2) is 96.1 Å². The van der Waals surface area contributed by atoms with E-state index in [4.69, 9.17) is 4.74 Å². The van der Waals surface area contributed by atoms with E-state index in [9.17, 15) is 4.79 Å². The lowest BCUT2D eigenvalue weighted by molar-refractivity contribution is -0.127. The Bertz CT molecular complexity index is 933. The summed E-state index contributed by atoms with van der Waals surface area (Å²) < 4.78 is 5.69. The molecule has 1 amide bonds. The summed E-state index contributed by atoms with van der Waals surface area (Å²) in [6.45, 7) is 1.69. The molecule has 0 spiro atoms. The lowest BCUT2D eigenvalue weighted by Crippen LogP contribution is -2.33. The van der Waals surface area contributed by atoms with Crippen molar-refractivity contribution in [3.63, 3.8) is 0 Å². The van der Waals surface area contributed by atoms with E-state index < -0.39 is 6.10 Å². The molecule has 0 fully saturated rings. The largest absolute Gasteiger partial charge is 0.481 e. The molecule has 3 rings (SSSR count). The molecule has 1 N–H and O–H groups in total. The van der Waals surface area contributed by atoms with E-state index in [-0.39, 0.29) is 5.91 Å². The van der Waals surface area contributed by atoms with Crippen molar-refractivity contribution in [2.75, 3.05) is 0 Å². The Morgan fingerprint density at radius 2 is 1.50 bits per heavy atom. The minimum Gasteiger partial charge on any atom is -0.481 e. The number of nitrogens with zero attached hydrogens (tertiary/aromatic N) is 1. The molecule has 0 aliphatic heterocycles. The summed E-state index contributed by atoms with van der Waals surface area (Å²) in [5.41, 5.74) is 5.78. The summed E-state index contributed by atoms with van der Waals surface area (Å²) in [5, 5.41) is 3.91. The fourth-order valence-corrected chi connectivity index (χ4v) is 2.57. The van der Waals surface area contributed by atoms with Gasteiger partial charge in [-0.1, -0.05) is 78.9 Å². The highest BCUT2D eigenvalue weighted by Crippen LogP contribution is 2.22. The molecule has 0 radical (unpaired) electrons. The smallest absolute Gasteiger partial charge is 0.280 e. The highest BCUT2D eigenvalue weighted by Gasteiger charge is 2.13. The second-order valence-corrected chi connectivity index (χ2v) is 6.17. The van der Waals surface area contributed by atoms with Gasteiger partial charge in [0.2, 0.25) is 0 Å². The lowest BCUT2D eigenvalue weighted by Gasteiger charge is -2.13. The van der Waals surface area contributed by atoms with Crippen LogP contribution in [0.4, 0.5) is 0 Å². The van der Waals surface area contributed by atoms with Crippen molar-refractivity contribution < 1.29 is 9.53 Å². The Kier molecular flexibility index (Phi) is 6.74. The quantitative estimate of drug-likeness (QED) is 0.473. The van der Waals surface area contributed by atoms with Gasteiger partial charge in [0.15, 0.2) is 6.10 Å². The van der Waals surface area contributed by atoms with E-state index in [2.05, 4.69) is 22.7 Å². The second kappa shape index (κ2) is 9.88. The third-order valence-electron chi connectivity index (χ3n) is 4.07. The van der Waals surface area contributed by atoms with Gasteiger partial charge in [0.1, 0.15) is 5.75 Å². The molecule has 3 aromatic rings. The predicted octanol–water partition coefficient (Wildman–Crippen LogP) is 4.94. The maximum Gasteiger partial charge on any atom is 0.280 e. The second-order valence-electron chi connectivity index (χ2n) is 6.17. The van der Waals surface area contributed by atoms with Crippen molar-refractivity contribution >= 4 is 18.2 Å². The van der Waals surface area contributed by atoms with Crippen LogP contribution in [0.1, 0.15) is 12.5 Å². The van der Waals surface area contributed by atoms with Crippen molar-refractivity contribution in [1.29, 1.82) is 0 Å². The van der Waals surface area contributed by atoms with Gasteiger partial charge < -0.3 is 4.74 Å². The highest BCUT2D eigenvalue weighted by molar-refractivity contribution is 5.83. The Morgan fingerprint density at radius 1 is 0.893 bits per heavy atom. The number of hydrogen-bond donors (Lipinski definition) is 1. The molecule has 4 heteroatoms. The first-order chi connectivity index (χ1) is 13.7. The Morgan fingerprint density at radius 3 is 2.18 bits per heavy atom. The lowest BCUT2D eigenvalue weighted by atomic mass is 10.1. The molecule has 0 heterocycles. The minimum atomic E-state index is -0.655.